The van der Waals surface area contributed by atoms with Crippen LogP contribution in [0.3, 0.4) is 0 Å². The Kier molecular flexibility index (Phi) is 2.40. The molecule has 2 atom stereocenters. The van der Waals surface area contributed by atoms with Gasteiger partial charge in [0.15, 0.2) is 0 Å². The summed E-state index contributed by atoms with van der Waals surface area (Å²) in [7, 11) is 0. The molecule has 0 spiro atoms. The highest BCUT2D eigenvalue weighted by atomic mass is 16.5. The normalized spacial score (nSPS) is 27.5. The summed E-state index contributed by atoms with van der Waals surface area (Å²) in [5, 5.41) is 0. The third-order valence-electron chi connectivity index (χ3n) is 2.30. The quantitative estimate of drug-likeness (QED) is 0.727. The van der Waals surface area contributed by atoms with Crippen LogP contribution in [0.5, 0.6) is 6.01 Å². The van der Waals surface area contributed by atoms with E-state index in [0.29, 0.717) is 6.01 Å². The Morgan fingerprint density at radius 3 is 2.69 bits per heavy atom. The topological polar surface area (TPSA) is 61.0 Å². The molecule has 1 aromatic heterocycles. The molecule has 1 heterocycles. The lowest BCUT2D eigenvalue weighted by Gasteiger charge is -2.15. The van der Waals surface area contributed by atoms with E-state index < -0.39 is 0 Å². The first-order valence-corrected chi connectivity index (χ1v) is 4.55. The summed E-state index contributed by atoms with van der Waals surface area (Å²) in [6.07, 6.45) is 6.63. The maximum Gasteiger partial charge on any atom is 0.316 e. The predicted octanol–water partition coefficient (Wildman–Crippen LogP) is 0.735. The number of hydrogen-bond donors (Lipinski definition) is 1. The number of ether oxygens (including phenoxy) is 1. The van der Waals surface area contributed by atoms with E-state index in [1.165, 1.54) is 0 Å². The second-order valence-corrected chi connectivity index (χ2v) is 3.28. The van der Waals surface area contributed by atoms with Gasteiger partial charge < -0.3 is 10.5 Å². The molecular weight excluding hydrogens is 166 g/mol. The van der Waals surface area contributed by atoms with Crippen LogP contribution >= 0.6 is 0 Å². The number of nitrogens with zero attached hydrogens (tertiary/aromatic N) is 2. The molecule has 0 aromatic carbocycles. The third-order valence-corrected chi connectivity index (χ3v) is 2.30. The molecule has 1 aromatic rings. The molecule has 0 aliphatic heterocycles. The fourth-order valence-corrected chi connectivity index (χ4v) is 1.58. The SMILES string of the molecule is NC1CCCC1Oc1ncccn1. The monoisotopic (exact) mass is 179 g/mol. The van der Waals surface area contributed by atoms with Gasteiger partial charge in [-0.2, -0.15) is 0 Å². The molecular formula is C9H13N3O. The zero-order valence-electron chi connectivity index (χ0n) is 7.39. The fourth-order valence-electron chi connectivity index (χ4n) is 1.58. The van der Waals surface area contributed by atoms with Crippen LogP contribution in [0.25, 0.3) is 0 Å². The molecule has 1 aliphatic carbocycles. The van der Waals surface area contributed by atoms with Gasteiger partial charge in [-0.3, -0.25) is 0 Å². The maximum absolute atomic E-state index is 5.85. The second kappa shape index (κ2) is 3.70. The highest BCUT2D eigenvalue weighted by molar-refractivity contribution is 4.96. The summed E-state index contributed by atoms with van der Waals surface area (Å²) in [5.41, 5.74) is 5.85. The minimum absolute atomic E-state index is 0.0994. The zero-order valence-corrected chi connectivity index (χ0v) is 7.39. The molecule has 1 saturated carbocycles. The van der Waals surface area contributed by atoms with Crippen molar-refractivity contribution in [2.45, 2.75) is 31.4 Å². The number of hydrogen-bond acceptors (Lipinski definition) is 4. The molecule has 2 rings (SSSR count). The maximum atomic E-state index is 5.85. The lowest BCUT2D eigenvalue weighted by atomic mass is 10.2. The van der Waals surface area contributed by atoms with Crippen molar-refractivity contribution in [1.82, 2.24) is 9.97 Å². The van der Waals surface area contributed by atoms with Crippen molar-refractivity contribution in [1.29, 1.82) is 0 Å². The summed E-state index contributed by atoms with van der Waals surface area (Å²) in [6.45, 7) is 0. The van der Waals surface area contributed by atoms with Gasteiger partial charge in [0.25, 0.3) is 0 Å². The first kappa shape index (κ1) is 8.44. The molecule has 70 valence electrons. The van der Waals surface area contributed by atoms with Crippen molar-refractivity contribution in [3.05, 3.63) is 18.5 Å². The van der Waals surface area contributed by atoms with E-state index in [1.54, 1.807) is 18.5 Å². The average Bonchev–Trinajstić information content (AvgIpc) is 2.54. The molecule has 2 N–H and O–H groups in total. The minimum atomic E-state index is 0.0994. The molecule has 0 amide bonds. The van der Waals surface area contributed by atoms with Crippen LogP contribution < -0.4 is 10.5 Å². The number of aromatic nitrogens is 2. The molecule has 2 unspecified atom stereocenters. The largest absolute Gasteiger partial charge is 0.458 e. The van der Waals surface area contributed by atoms with E-state index in [1.807, 2.05) is 0 Å². The van der Waals surface area contributed by atoms with Crippen LogP contribution in [0, 0.1) is 0 Å². The third kappa shape index (κ3) is 1.95. The Bertz CT molecular complexity index is 265. The van der Waals surface area contributed by atoms with E-state index in [4.69, 9.17) is 10.5 Å². The van der Waals surface area contributed by atoms with Gasteiger partial charge in [0.2, 0.25) is 0 Å². The summed E-state index contributed by atoms with van der Waals surface area (Å²) in [5.74, 6) is 0. The molecule has 0 saturated heterocycles. The van der Waals surface area contributed by atoms with Gasteiger partial charge in [0.05, 0.1) is 0 Å². The van der Waals surface area contributed by atoms with Gasteiger partial charge in [-0.1, -0.05) is 0 Å². The number of nitrogens with two attached hydrogens (primary N) is 1. The fraction of sp³-hybridized carbons (Fsp3) is 0.556. The molecule has 4 heteroatoms. The van der Waals surface area contributed by atoms with Crippen molar-refractivity contribution in [2.75, 3.05) is 0 Å². The molecule has 13 heavy (non-hydrogen) atoms. The Morgan fingerprint density at radius 1 is 1.31 bits per heavy atom. The molecule has 0 radical (unpaired) electrons. The average molecular weight is 179 g/mol. The summed E-state index contributed by atoms with van der Waals surface area (Å²) in [6, 6.07) is 2.34. The van der Waals surface area contributed by atoms with Crippen molar-refractivity contribution < 1.29 is 4.74 Å². The molecule has 4 nitrogen and oxygen atoms in total. The Labute approximate surface area is 77.1 Å². The summed E-state index contributed by atoms with van der Waals surface area (Å²) < 4.78 is 5.54. The van der Waals surface area contributed by atoms with E-state index >= 15 is 0 Å². The van der Waals surface area contributed by atoms with Crippen molar-refractivity contribution in [3.63, 3.8) is 0 Å². The van der Waals surface area contributed by atoms with E-state index in [0.717, 1.165) is 19.3 Å². The minimum Gasteiger partial charge on any atom is -0.458 e. The van der Waals surface area contributed by atoms with Crippen LogP contribution in [0.1, 0.15) is 19.3 Å². The Morgan fingerprint density at radius 2 is 2.08 bits per heavy atom. The first-order chi connectivity index (χ1) is 6.36. The van der Waals surface area contributed by atoms with Crippen LogP contribution in [-0.2, 0) is 0 Å². The van der Waals surface area contributed by atoms with Crippen molar-refractivity contribution in [2.24, 2.45) is 5.73 Å². The zero-order chi connectivity index (χ0) is 9.10. The van der Waals surface area contributed by atoms with E-state index in [-0.39, 0.29) is 12.1 Å². The lowest BCUT2D eigenvalue weighted by Crippen LogP contribution is -2.34. The van der Waals surface area contributed by atoms with Gasteiger partial charge >= 0.3 is 6.01 Å². The molecule has 0 bridgehead atoms. The standard InChI is InChI=1S/C9H13N3O/c10-7-3-1-4-8(7)13-9-11-5-2-6-12-9/h2,5-8H,1,3-4,10H2. The van der Waals surface area contributed by atoms with Crippen LogP contribution in [0.4, 0.5) is 0 Å². The highest BCUT2D eigenvalue weighted by Gasteiger charge is 2.26. The molecule has 1 aliphatic rings. The summed E-state index contributed by atoms with van der Waals surface area (Å²) >= 11 is 0. The summed E-state index contributed by atoms with van der Waals surface area (Å²) in [4.78, 5) is 7.98. The first-order valence-electron chi connectivity index (χ1n) is 4.55. The highest BCUT2D eigenvalue weighted by Crippen LogP contribution is 2.20. The number of rotatable bonds is 2. The second-order valence-electron chi connectivity index (χ2n) is 3.28. The van der Waals surface area contributed by atoms with Gasteiger partial charge in [-0.25, -0.2) is 9.97 Å². The van der Waals surface area contributed by atoms with Gasteiger partial charge in [0, 0.05) is 18.4 Å². The van der Waals surface area contributed by atoms with Crippen molar-refractivity contribution in [3.8, 4) is 6.01 Å². The predicted molar refractivity (Wildman–Crippen MR) is 48.3 cm³/mol. The molecule has 1 fully saturated rings. The Balaban J connectivity index is 1.98. The van der Waals surface area contributed by atoms with Crippen LogP contribution in [-0.4, -0.2) is 22.1 Å². The van der Waals surface area contributed by atoms with Crippen LogP contribution in [0.15, 0.2) is 18.5 Å². The van der Waals surface area contributed by atoms with E-state index in [2.05, 4.69) is 9.97 Å². The lowest BCUT2D eigenvalue weighted by molar-refractivity contribution is 0.175. The van der Waals surface area contributed by atoms with Gasteiger partial charge in [0.1, 0.15) is 6.10 Å². The smallest absolute Gasteiger partial charge is 0.316 e. The Hall–Kier alpha value is -1.16. The van der Waals surface area contributed by atoms with E-state index in [9.17, 15) is 0 Å². The van der Waals surface area contributed by atoms with Gasteiger partial charge in [-0.15, -0.1) is 0 Å². The van der Waals surface area contributed by atoms with Gasteiger partial charge in [-0.05, 0) is 25.3 Å². The van der Waals surface area contributed by atoms with Crippen molar-refractivity contribution >= 4 is 0 Å². The van der Waals surface area contributed by atoms with Crippen LogP contribution in [0.2, 0.25) is 0 Å².